The first-order valence-electron chi connectivity index (χ1n) is 11.0. The highest BCUT2D eigenvalue weighted by Gasteiger charge is 2.20. The van der Waals surface area contributed by atoms with Gasteiger partial charge in [0.1, 0.15) is 23.6 Å². The van der Waals surface area contributed by atoms with Gasteiger partial charge in [-0.05, 0) is 55.8 Å². The van der Waals surface area contributed by atoms with Crippen molar-refractivity contribution >= 4 is 5.91 Å². The van der Waals surface area contributed by atoms with Crippen LogP contribution in [0.15, 0.2) is 63.9 Å². The van der Waals surface area contributed by atoms with E-state index in [9.17, 15) is 9.59 Å². The minimum atomic E-state index is -0.375. The number of aryl methyl sites for hydroxylation is 2. The van der Waals surface area contributed by atoms with E-state index in [-0.39, 0.29) is 36.0 Å². The molecule has 0 aliphatic heterocycles. The van der Waals surface area contributed by atoms with E-state index >= 15 is 0 Å². The molecule has 9 heteroatoms. The van der Waals surface area contributed by atoms with Crippen LogP contribution < -0.4 is 20.3 Å². The number of methoxy groups -OCH3 is 2. The number of nitrogens with zero attached hydrogens (tertiary/aromatic N) is 3. The van der Waals surface area contributed by atoms with Crippen molar-refractivity contribution < 1.29 is 18.8 Å². The van der Waals surface area contributed by atoms with Crippen molar-refractivity contribution in [2.45, 2.75) is 26.9 Å². The zero-order valence-electron chi connectivity index (χ0n) is 20.0. The Morgan fingerprint density at radius 2 is 1.80 bits per heavy atom. The highest BCUT2D eigenvalue weighted by Crippen LogP contribution is 2.24. The summed E-state index contributed by atoms with van der Waals surface area (Å²) in [4.78, 5) is 30.5. The van der Waals surface area contributed by atoms with Crippen molar-refractivity contribution in [2.75, 3.05) is 14.2 Å². The summed E-state index contributed by atoms with van der Waals surface area (Å²) in [6.07, 6.45) is 0. The molecule has 180 valence electrons. The standard InChI is InChI=1S/C26H26N4O5/c1-16-13-17(2)30(15-22(31)27-14-19-7-5-6-8-21(19)34-4)26(32)23(16)25-28-24(29-35-25)18-9-11-20(33-3)12-10-18/h5-13H,14-15H2,1-4H3,(H,27,31). The number of hydrogen-bond acceptors (Lipinski definition) is 7. The van der Waals surface area contributed by atoms with E-state index in [1.54, 1.807) is 52.3 Å². The molecule has 4 aromatic rings. The van der Waals surface area contributed by atoms with Gasteiger partial charge in [0.2, 0.25) is 11.7 Å². The van der Waals surface area contributed by atoms with Crippen LogP contribution in [0.2, 0.25) is 0 Å². The predicted molar refractivity (Wildman–Crippen MR) is 130 cm³/mol. The SMILES string of the molecule is COc1ccc(-c2noc(-c3c(C)cc(C)n(CC(=O)NCc4ccccc4OC)c3=O)n2)cc1. The largest absolute Gasteiger partial charge is 0.497 e. The number of carbonyl (C=O) groups is 1. The third-order valence-electron chi connectivity index (χ3n) is 5.66. The van der Waals surface area contributed by atoms with Crippen LogP contribution >= 0.6 is 0 Å². The van der Waals surface area contributed by atoms with Crippen LogP contribution in [0.25, 0.3) is 22.8 Å². The van der Waals surface area contributed by atoms with Crippen molar-refractivity contribution in [2.24, 2.45) is 0 Å². The van der Waals surface area contributed by atoms with Crippen molar-refractivity contribution in [3.8, 4) is 34.3 Å². The quantitative estimate of drug-likeness (QED) is 0.416. The number of para-hydroxylation sites is 1. The first-order valence-corrected chi connectivity index (χ1v) is 11.0. The summed E-state index contributed by atoms with van der Waals surface area (Å²) in [6, 6.07) is 16.4. The average Bonchev–Trinajstić information content (AvgIpc) is 3.35. The van der Waals surface area contributed by atoms with Gasteiger partial charge in [0.25, 0.3) is 11.4 Å². The molecule has 1 amide bonds. The molecule has 0 saturated carbocycles. The van der Waals surface area contributed by atoms with E-state index in [4.69, 9.17) is 14.0 Å². The molecule has 2 aromatic heterocycles. The predicted octanol–water partition coefficient (Wildman–Crippen LogP) is 3.52. The molecule has 0 radical (unpaired) electrons. The summed E-state index contributed by atoms with van der Waals surface area (Å²) < 4.78 is 17.3. The van der Waals surface area contributed by atoms with E-state index in [1.165, 1.54) is 4.57 Å². The molecule has 9 nitrogen and oxygen atoms in total. The number of carbonyl (C=O) groups excluding carboxylic acids is 1. The number of rotatable bonds is 8. The molecule has 0 bridgehead atoms. The van der Waals surface area contributed by atoms with Crippen LogP contribution in [-0.4, -0.2) is 34.8 Å². The van der Waals surface area contributed by atoms with Gasteiger partial charge in [-0.3, -0.25) is 9.59 Å². The third kappa shape index (κ3) is 5.08. The van der Waals surface area contributed by atoms with Crippen molar-refractivity contribution in [3.63, 3.8) is 0 Å². The van der Waals surface area contributed by atoms with E-state index in [1.807, 2.05) is 30.3 Å². The summed E-state index contributed by atoms with van der Waals surface area (Å²) in [5.41, 5.74) is 2.79. The number of nitrogens with one attached hydrogen (secondary N) is 1. The molecular weight excluding hydrogens is 448 g/mol. The molecule has 0 fully saturated rings. The van der Waals surface area contributed by atoms with Crippen LogP contribution in [0, 0.1) is 13.8 Å². The Labute approximate surface area is 202 Å². The molecule has 35 heavy (non-hydrogen) atoms. The fraction of sp³-hybridized carbons (Fsp3) is 0.231. The second-order valence-corrected chi connectivity index (χ2v) is 7.98. The van der Waals surface area contributed by atoms with Crippen molar-refractivity contribution in [1.82, 2.24) is 20.0 Å². The summed E-state index contributed by atoms with van der Waals surface area (Å²) in [5.74, 6) is 1.53. The summed E-state index contributed by atoms with van der Waals surface area (Å²) in [6.45, 7) is 3.71. The fourth-order valence-corrected chi connectivity index (χ4v) is 3.81. The van der Waals surface area contributed by atoms with Gasteiger partial charge in [-0.25, -0.2) is 0 Å². The van der Waals surface area contributed by atoms with Crippen LogP contribution in [0.4, 0.5) is 0 Å². The van der Waals surface area contributed by atoms with Crippen molar-refractivity contribution in [1.29, 1.82) is 0 Å². The van der Waals surface area contributed by atoms with Gasteiger partial charge in [0.05, 0.1) is 14.2 Å². The summed E-state index contributed by atoms with van der Waals surface area (Å²) in [5, 5.41) is 6.87. The zero-order chi connectivity index (χ0) is 24.9. The lowest BCUT2D eigenvalue weighted by Gasteiger charge is -2.14. The number of benzene rings is 2. The number of pyridine rings is 1. The molecule has 0 aliphatic rings. The highest BCUT2D eigenvalue weighted by atomic mass is 16.5. The smallest absolute Gasteiger partial charge is 0.264 e. The highest BCUT2D eigenvalue weighted by molar-refractivity contribution is 5.76. The molecule has 0 spiro atoms. The Morgan fingerprint density at radius 3 is 2.51 bits per heavy atom. The van der Waals surface area contributed by atoms with Gasteiger partial charge >= 0.3 is 0 Å². The molecular formula is C26H26N4O5. The molecule has 0 unspecified atom stereocenters. The van der Waals surface area contributed by atoms with Gasteiger partial charge in [0.15, 0.2) is 0 Å². The van der Waals surface area contributed by atoms with Gasteiger partial charge in [-0.2, -0.15) is 4.98 Å². The van der Waals surface area contributed by atoms with E-state index < -0.39 is 0 Å². The first-order chi connectivity index (χ1) is 16.9. The monoisotopic (exact) mass is 474 g/mol. The molecule has 0 atom stereocenters. The molecule has 0 aliphatic carbocycles. The van der Waals surface area contributed by atoms with E-state index in [0.29, 0.717) is 28.6 Å². The lowest BCUT2D eigenvalue weighted by atomic mass is 10.1. The first kappa shape index (κ1) is 23.7. The molecule has 0 saturated heterocycles. The molecule has 2 heterocycles. The van der Waals surface area contributed by atoms with Gasteiger partial charge < -0.3 is 23.9 Å². The zero-order valence-corrected chi connectivity index (χ0v) is 20.0. The molecule has 1 N–H and O–H groups in total. The van der Waals surface area contributed by atoms with Crippen LogP contribution in [0.5, 0.6) is 11.5 Å². The van der Waals surface area contributed by atoms with Crippen molar-refractivity contribution in [3.05, 3.63) is 81.8 Å². The third-order valence-corrected chi connectivity index (χ3v) is 5.66. The molecule has 2 aromatic carbocycles. The summed E-state index contributed by atoms with van der Waals surface area (Å²) >= 11 is 0. The van der Waals surface area contributed by atoms with Crippen LogP contribution in [-0.2, 0) is 17.9 Å². The lowest BCUT2D eigenvalue weighted by molar-refractivity contribution is -0.121. The molecule has 4 rings (SSSR count). The maximum Gasteiger partial charge on any atom is 0.264 e. The number of aromatic nitrogens is 3. The van der Waals surface area contributed by atoms with E-state index in [2.05, 4.69) is 15.5 Å². The number of amides is 1. The maximum atomic E-state index is 13.4. The topological polar surface area (TPSA) is 108 Å². The second-order valence-electron chi connectivity index (χ2n) is 7.98. The Morgan fingerprint density at radius 1 is 1.06 bits per heavy atom. The van der Waals surface area contributed by atoms with Crippen LogP contribution in [0.1, 0.15) is 16.8 Å². The average molecular weight is 475 g/mol. The Kier molecular flexibility index (Phi) is 6.96. The number of ether oxygens (including phenoxy) is 2. The summed E-state index contributed by atoms with van der Waals surface area (Å²) in [7, 11) is 3.17. The Hall–Kier alpha value is -4.40. The van der Waals surface area contributed by atoms with Gasteiger partial charge in [-0.1, -0.05) is 23.4 Å². The van der Waals surface area contributed by atoms with E-state index in [0.717, 1.165) is 11.1 Å². The number of hydrogen-bond donors (Lipinski definition) is 1. The van der Waals surface area contributed by atoms with Gasteiger partial charge in [-0.15, -0.1) is 0 Å². The second kappa shape index (κ2) is 10.3. The minimum Gasteiger partial charge on any atom is -0.497 e. The Bertz CT molecular complexity index is 1410. The normalized spacial score (nSPS) is 10.7. The minimum absolute atomic E-state index is 0.0986. The lowest BCUT2D eigenvalue weighted by Crippen LogP contribution is -2.34. The fourth-order valence-electron chi connectivity index (χ4n) is 3.81. The Balaban J connectivity index is 1.57. The van der Waals surface area contributed by atoms with Crippen LogP contribution in [0.3, 0.4) is 0 Å². The maximum absolute atomic E-state index is 13.4. The van der Waals surface area contributed by atoms with Gasteiger partial charge in [0, 0.05) is 23.4 Å².